The number of aldehydes is 1. The third-order valence-electron chi connectivity index (χ3n) is 8.39. The highest BCUT2D eigenvalue weighted by atomic mass is 79.9. The minimum atomic E-state index is -1.04. The Hall–Kier alpha value is -3.03. The zero-order valence-corrected chi connectivity index (χ0v) is 53.3. The smallest absolute Gasteiger partial charge is 0.327 e. The zero-order chi connectivity index (χ0) is 56.8. The monoisotopic (exact) mass is 1420 g/mol. The number of esters is 6. The Kier molecular flexibility index (Phi) is 30.0. The van der Waals surface area contributed by atoms with Crippen molar-refractivity contribution in [3.63, 3.8) is 0 Å². The van der Waals surface area contributed by atoms with Gasteiger partial charge in [-0.15, -0.1) is 0 Å². The molecule has 0 aromatic heterocycles. The normalized spacial score (nSPS) is 12.0. The van der Waals surface area contributed by atoms with Gasteiger partial charge in [-0.1, -0.05) is 95.6 Å². The standard InChI is InChI=1S/C19H26Br2O7.C15H24Br2O6.C15H18Br2O5/c1-18(2,20)16(22)27-8-6-25-14-10-13(24-5)11-15(12-14)26-7-9-28-17(23)19(3,4)21;1-13(2,16)11(19)21-9-15(5,23-8-6-7-18)10-22-12(20)14(3,4)17;1-14(2,16)12(18)21-10-6-9(20-5)7-11(8-10)22-13(19)15(3,4)17/h10-12H,6-9H2,1-5H3;7H,6,8-10H2,1-5H3;6-8H,1-5H3. The predicted molar refractivity (Wildman–Crippen MR) is 295 cm³/mol. The Balaban J connectivity index is 0.00000108. The van der Waals surface area contributed by atoms with Crippen molar-refractivity contribution in [2.24, 2.45) is 0 Å². The molecule has 0 bridgehead atoms. The Morgan fingerprint density at radius 3 is 0.959 bits per heavy atom. The van der Waals surface area contributed by atoms with Gasteiger partial charge in [-0.3, -0.25) is 28.8 Å². The number of hydrogen-bond donors (Lipinski definition) is 0. The van der Waals surface area contributed by atoms with E-state index in [4.69, 9.17) is 52.1 Å². The predicted octanol–water partition coefficient (Wildman–Crippen LogP) is 10.5. The van der Waals surface area contributed by atoms with Crippen LogP contribution in [0.4, 0.5) is 0 Å². The molecule has 0 unspecified atom stereocenters. The van der Waals surface area contributed by atoms with Crippen molar-refractivity contribution in [3.05, 3.63) is 36.4 Å². The number of rotatable bonds is 26. The topological polar surface area (TPSA) is 221 Å². The van der Waals surface area contributed by atoms with E-state index in [1.165, 1.54) is 32.4 Å². The summed E-state index contributed by atoms with van der Waals surface area (Å²) in [5.74, 6) is -0.192. The van der Waals surface area contributed by atoms with Gasteiger partial charge < -0.3 is 56.9 Å². The third-order valence-corrected chi connectivity index (χ3v) is 10.3. The van der Waals surface area contributed by atoms with Crippen molar-refractivity contribution in [1.82, 2.24) is 0 Å². The zero-order valence-electron chi connectivity index (χ0n) is 43.8. The molecule has 0 heterocycles. The van der Waals surface area contributed by atoms with Gasteiger partial charge in [0.1, 0.15) is 112 Å². The molecular formula is C49H68Br6O18. The molecule has 0 aliphatic heterocycles. The van der Waals surface area contributed by atoms with Gasteiger partial charge in [-0.2, -0.15) is 0 Å². The van der Waals surface area contributed by atoms with Crippen molar-refractivity contribution >= 4 is 138 Å². The number of carbonyl (C=O) groups is 7. The minimum absolute atomic E-state index is 0.101. The van der Waals surface area contributed by atoms with Gasteiger partial charge >= 0.3 is 35.8 Å². The fourth-order valence-corrected chi connectivity index (χ4v) is 4.88. The van der Waals surface area contributed by atoms with Crippen LogP contribution >= 0.6 is 95.6 Å². The maximum Gasteiger partial charge on any atom is 0.327 e. The summed E-state index contributed by atoms with van der Waals surface area (Å²) in [6.45, 7) is 22.3. The van der Waals surface area contributed by atoms with Gasteiger partial charge in [-0.25, -0.2) is 0 Å². The number of methoxy groups -OCH3 is 2. The molecule has 0 N–H and O–H groups in total. The maximum atomic E-state index is 11.9. The molecule has 0 amide bonds. The van der Waals surface area contributed by atoms with Crippen LogP contribution < -0.4 is 28.4 Å². The van der Waals surface area contributed by atoms with E-state index >= 15 is 0 Å². The molecule has 0 spiro atoms. The van der Waals surface area contributed by atoms with E-state index in [1.54, 1.807) is 108 Å². The van der Waals surface area contributed by atoms with E-state index in [1.807, 2.05) is 0 Å². The van der Waals surface area contributed by atoms with Crippen molar-refractivity contribution in [1.29, 1.82) is 0 Å². The van der Waals surface area contributed by atoms with Gasteiger partial charge in [0.2, 0.25) is 0 Å². The average Bonchev–Trinajstić information content (AvgIpc) is 3.25. The van der Waals surface area contributed by atoms with Crippen LogP contribution in [-0.4, -0.2) is 134 Å². The van der Waals surface area contributed by atoms with Gasteiger partial charge in [-0.05, 0) is 90.0 Å². The fraction of sp³-hybridized carbons (Fsp3) is 0.612. The highest BCUT2D eigenvalue weighted by Crippen LogP contribution is 2.32. The van der Waals surface area contributed by atoms with E-state index in [9.17, 15) is 33.6 Å². The van der Waals surface area contributed by atoms with E-state index in [0.717, 1.165) is 6.29 Å². The molecule has 0 atom stereocenters. The molecule has 0 saturated heterocycles. The number of benzene rings is 2. The van der Waals surface area contributed by atoms with Gasteiger partial charge in [0.05, 0.1) is 20.8 Å². The van der Waals surface area contributed by atoms with Crippen molar-refractivity contribution < 1.29 is 85.7 Å². The molecule has 18 nitrogen and oxygen atoms in total. The molecule has 414 valence electrons. The first-order chi connectivity index (χ1) is 33.2. The fourth-order valence-electron chi connectivity index (χ4n) is 4.26. The second-order valence-corrected chi connectivity index (χ2v) is 30.6. The molecule has 73 heavy (non-hydrogen) atoms. The number of ether oxygens (including phenoxy) is 11. The Morgan fingerprint density at radius 2 is 0.671 bits per heavy atom. The summed E-state index contributed by atoms with van der Waals surface area (Å²) in [6.07, 6.45) is 0.924. The molecule has 2 rings (SSSR count). The summed E-state index contributed by atoms with van der Waals surface area (Å²) in [4.78, 5) is 81.3. The lowest BCUT2D eigenvalue weighted by atomic mass is 10.1. The minimum Gasteiger partial charge on any atom is -0.496 e. The molecule has 2 aromatic rings. The quantitative estimate of drug-likeness (QED) is 0.0213. The largest absolute Gasteiger partial charge is 0.496 e. The number of halogens is 6. The van der Waals surface area contributed by atoms with Crippen LogP contribution in [0.5, 0.6) is 34.5 Å². The summed E-state index contributed by atoms with van der Waals surface area (Å²) in [5, 5.41) is 0. The van der Waals surface area contributed by atoms with Gasteiger partial charge in [0.25, 0.3) is 0 Å². The van der Waals surface area contributed by atoms with Crippen LogP contribution in [0.15, 0.2) is 36.4 Å². The molecule has 24 heteroatoms. The van der Waals surface area contributed by atoms with E-state index in [2.05, 4.69) is 95.6 Å². The van der Waals surface area contributed by atoms with Crippen molar-refractivity contribution in [2.45, 2.75) is 128 Å². The van der Waals surface area contributed by atoms with Crippen molar-refractivity contribution in [3.8, 4) is 34.5 Å². The maximum absolute atomic E-state index is 11.9. The van der Waals surface area contributed by atoms with E-state index in [0.29, 0.717) is 23.0 Å². The molecule has 0 fully saturated rings. The summed E-state index contributed by atoms with van der Waals surface area (Å²) in [7, 11) is 3.00. The lowest BCUT2D eigenvalue weighted by Gasteiger charge is -2.30. The Morgan fingerprint density at radius 1 is 0.397 bits per heavy atom. The Labute approximate surface area is 479 Å². The third kappa shape index (κ3) is 30.3. The lowest BCUT2D eigenvalue weighted by molar-refractivity contribution is -0.170. The average molecular weight is 1420 g/mol. The van der Waals surface area contributed by atoms with Crippen LogP contribution in [0, 0.1) is 0 Å². The van der Waals surface area contributed by atoms with Crippen LogP contribution in [0.1, 0.15) is 96.4 Å². The van der Waals surface area contributed by atoms with Gasteiger partial charge in [0, 0.05) is 42.8 Å². The first-order valence-corrected chi connectivity index (χ1v) is 26.9. The number of hydrogen-bond acceptors (Lipinski definition) is 18. The molecular weight excluding hydrogens is 1360 g/mol. The molecule has 0 aliphatic rings. The lowest BCUT2D eigenvalue weighted by Crippen LogP contribution is -2.44. The highest BCUT2D eigenvalue weighted by molar-refractivity contribution is 9.11. The summed E-state index contributed by atoms with van der Waals surface area (Å²) >= 11 is 19.3. The summed E-state index contributed by atoms with van der Waals surface area (Å²) < 4.78 is 53.5. The SMILES string of the molecule is CC(COC(=O)C(C)(C)Br)(COC(=O)C(C)(C)Br)OCCC=O.COc1cc(OC(=O)C(C)(C)Br)cc(OC(=O)C(C)(C)Br)c1.COc1cc(OCCOC(=O)C(C)(C)Br)cc(OCCOC(=O)C(C)(C)Br)c1. The number of carbonyl (C=O) groups excluding carboxylic acids is 7. The second kappa shape index (κ2) is 31.3. The highest BCUT2D eigenvalue weighted by Gasteiger charge is 2.35. The van der Waals surface area contributed by atoms with E-state index < -0.39 is 55.4 Å². The van der Waals surface area contributed by atoms with Gasteiger partial charge in [0.15, 0.2) is 0 Å². The van der Waals surface area contributed by atoms with Crippen molar-refractivity contribution in [2.75, 3.05) is 60.5 Å². The summed E-state index contributed by atoms with van der Waals surface area (Å²) in [5.41, 5.74) is -1.04. The molecule has 0 radical (unpaired) electrons. The number of alkyl halides is 6. The van der Waals surface area contributed by atoms with Crippen LogP contribution in [0.2, 0.25) is 0 Å². The van der Waals surface area contributed by atoms with Crippen LogP contribution in [0.3, 0.4) is 0 Å². The molecule has 0 saturated carbocycles. The molecule has 2 aromatic carbocycles. The Bertz CT molecular complexity index is 2000. The summed E-state index contributed by atoms with van der Waals surface area (Å²) in [6, 6.07) is 9.58. The second-order valence-electron chi connectivity index (χ2n) is 18.7. The van der Waals surface area contributed by atoms with Crippen LogP contribution in [0.25, 0.3) is 0 Å². The first kappa shape index (κ1) is 70.0. The first-order valence-electron chi connectivity index (χ1n) is 22.2. The van der Waals surface area contributed by atoms with E-state index in [-0.39, 0.29) is 76.1 Å². The molecule has 0 aliphatic carbocycles. The van der Waals surface area contributed by atoms with Crippen LogP contribution in [-0.2, 0) is 57.2 Å².